The molecule has 0 amide bonds. The van der Waals surface area contributed by atoms with Crippen molar-refractivity contribution in [2.75, 3.05) is 4.90 Å². The van der Waals surface area contributed by atoms with Crippen molar-refractivity contribution in [3.8, 4) is 50.2 Å². The lowest BCUT2D eigenvalue weighted by molar-refractivity contribution is 1.18. The van der Waals surface area contributed by atoms with Crippen molar-refractivity contribution in [2.24, 2.45) is 0 Å². The number of para-hydroxylation sites is 3. The number of hydrogen-bond acceptors (Lipinski definition) is 2. The minimum Gasteiger partial charge on any atom is -0.309 e. The zero-order valence-electron chi connectivity index (χ0n) is 34.4. The Morgan fingerprint density at radius 1 is 0.317 bits per heavy atom. The fraction of sp³-hybridized carbons (Fsp3) is 0. The summed E-state index contributed by atoms with van der Waals surface area (Å²) in [5.74, 6) is 0. The zero-order valence-corrected chi connectivity index (χ0v) is 35.2. The number of rotatable bonds is 8. The lowest BCUT2D eigenvalue weighted by Gasteiger charge is -2.29. The quantitative estimate of drug-likeness (QED) is 0.148. The second kappa shape index (κ2) is 15.5. The number of thiophene rings is 1. The van der Waals surface area contributed by atoms with E-state index in [1.807, 2.05) is 11.3 Å². The van der Waals surface area contributed by atoms with Crippen molar-refractivity contribution in [3.05, 3.63) is 243 Å². The van der Waals surface area contributed by atoms with Crippen LogP contribution in [0.25, 0.3) is 92.2 Å². The first-order valence-corrected chi connectivity index (χ1v) is 22.3. The average molecular weight is 821 g/mol. The number of anilines is 3. The van der Waals surface area contributed by atoms with Gasteiger partial charge in [-0.3, -0.25) is 0 Å². The molecule has 0 fully saturated rings. The molecular formula is C60H40N2S. The van der Waals surface area contributed by atoms with E-state index in [1.54, 1.807) is 0 Å². The Labute approximate surface area is 370 Å². The van der Waals surface area contributed by atoms with Crippen LogP contribution in [0.1, 0.15) is 0 Å². The van der Waals surface area contributed by atoms with Crippen LogP contribution >= 0.6 is 11.3 Å². The van der Waals surface area contributed by atoms with Crippen LogP contribution in [-0.2, 0) is 0 Å². The number of nitrogens with zero attached hydrogens (tertiary/aromatic N) is 2. The molecule has 63 heavy (non-hydrogen) atoms. The van der Waals surface area contributed by atoms with E-state index in [-0.39, 0.29) is 0 Å². The van der Waals surface area contributed by atoms with Crippen LogP contribution in [0.4, 0.5) is 17.1 Å². The molecule has 0 aliphatic rings. The van der Waals surface area contributed by atoms with E-state index in [9.17, 15) is 0 Å². The van der Waals surface area contributed by atoms with Crippen molar-refractivity contribution < 1.29 is 0 Å². The molecule has 2 heterocycles. The first-order chi connectivity index (χ1) is 31.3. The lowest BCUT2D eigenvalue weighted by Crippen LogP contribution is -2.11. The molecule has 12 aromatic rings. The predicted molar refractivity (Wildman–Crippen MR) is 270 cm³/mol. The van der Waals surface area contributed by atoms with Crippen LogP contribution in [-0.4, -0.2) is 4.57 Å². The first-order valence-electron chi connectivity index (χ1n) is 21.5. The molecule has 0 atom stereocenters. The molecule has 0 N–H and O–H groups in total. The third kappa shape index (κ3) is 6.33. The zero-order chi connectivity index (χ0) is 41.7. The van der Waals surface area contributed by atoms with Crippen molar-refractivity contribution in [1.29, 1.82) is 0 Å². The smallest absolute Gasteiger partial charge is 0.0640 e. The standard InChI is InChI=1S/C60H40N2S/c1-3-19-41(20-4-1)46-25-7-8-26-47(46)48-27-9-10-28-49(48)50-29-11-14-33-55(50)62(58-35-18-32-53-52-31-13-16-36-59(52)63-60(53)58)45-24-17-21-42(39-45)43-37-38-57-54(40-43)51-30-12-15-34-56(51)61(57)44-22-5-2-6-23-44/h1-40H. The van der Waals surface area contributed by atoms with Gasteiger partial charge in [0, 0.05) is 43.2 Å². The van der Waals surface area contributed by atoms with Gasteiger partial charge in [-0.25, -0.2) is 0 Å². The number of benzene rings is 10. The Kier molecular flexibility index (Phi) is 9.06. The molecule has 0 saturated heterocycles. The highest BCUT2D eigenvalue weighted by Crippen LogP contribution is 2.49. The summed E-state index contributed by atoms with van der Waals surface area (Å²) >= 11 is 1.87. The maximum atomic E-state index is 2.50. The van der Waals surface area contributed by atoms with Gasteiger partial charge in [0.25, 0.3) is 0 Å². The molecule has 0 bridgehead atoms. The fourth-order valence-electron chi connectivity index (χ4n) is 9.59. The van der Waals surface area contributed by atoms with Gasteiger partial charge in [-0.15, -0.1) is 11.3 Å². The maximum Gasteiger partial charge on any atom is 0.0640 e. The first kappa shape index (κ1) is 36.8. The number of aromatic nitrogens is 1. The topological polar surface area (TPSA) is 8.17 Å². The van der Waals surface area contributed by atoms with Crippen molar-refractivity contribution in [2.45, 2.75) is 0 Å². The summed E-state index contributed by atoms with van der Waals surface area (Å²) in [5.41, 5.74) is 16.4. The van der Waals surface area contributed by atoms with Crippen LogP contribution in [0.3, 0.4) is 0 Å². The van der Waals surface area contributed by atoms with Gasteiger partial charge in [0.1, 0.15) is 0 Å². The van der Waals surface area contributed by atoms with E-state index < -0.39 is 0 Å². The molecule has 296 valence electrons. The fourth-order valence-corrected chi connectivity index (χ4v) is 10.8. The molecule has 0 aliphatic carbocycles. The Hall–Kier alpha value is -7.98. The molecule has 0 radical (unpaired) electrons. The molecule has 2 aromatic heterocycles. The molecule has 0 saturated carbocycles. The van der Waals surface area contributed by atoms with Crippen LogP contribution < -0.4 is 4.90 Å². The van der Waals surface area contributed by atoms with Crippen LogP contribution in [0.2, 0.25) is 0 Å². The van der Waals surface area contributed by atoms with E-state index in [1.165, 1.54) is 75.4 Å². The number of fused-ring (bicyclic) bond motifs is 6. The molecule has 10 aromatic carbocycles. The lowest BCUT2D eigenvalue weighted by atomic mass is 9.88. The highest BCUT2D eigenvalue weighted by molar-refractivity contribution is 7.26. The Morgan fingerprint density at radius 3 is 1.67 bits per heavy atom. The second-order valence-electron chi connectivity index (χ2n) is 16.0. The molecule has 2 nitrogen and oxygen atoms in total. The molecular weight excluding hydrogens is 781 g/mol. The van der Waals surface area contributed by atoms with E-state index in [4.69, 9.17) is 0 Å². The maximum absolute atomic E-state index is 2.50. The molecule has 12 rings (SSSR count). The number of hydrogen-bond donors (Lipinski definition) is 0. The minimum absolute atomic E-state index is 1.10. The summed E-state index contributed by atoms with van der Waals surface area (Å²) in [7, 11) is 0. The average Bonchev–Trinajstić information content (AvgIpc) is 3.91. The van der Waals surface area contributed by atoms with Crippen molar-refractivity contribution in [1.82, 2.24) is 4.57 Å². The summed E-state index contributed by atoms with van der Waals surface area (Å²) in [5, 5.41) is 5.03. The van der Waals surface area contributed by atoms with Crippen molar-refractivity contribution in [3.63, 3.8) is 0 Å². The summed E-state index contributed by atoms with van der Waals surface area (Å²) < 4.78 is 4.93. The summed E-state index contributed by atoms with van der Waals surface area (Å²) in [6.07, 6.45) is 0. The second-order valence-corrected chi connectivity index (χ2v) is 17.1. The highest BCUT2D eigenvalue weighted by atomic mass is 32.1. The van der Waals surface area contributed by atoms with Gasteiger partial charge in [0.05, 0.1) is 27.1 Å². The Morgan fingerprint density at radius 2 is 0.857 bits per heavy atom. The Balaban J connectivity index is 1.07. The van der Waals surface area contributed by atoms with Gasteiger partial charge in [-0.2, -0.15) is 0 Å². The molecule has 0 spiro atoms. The van der Waals surface area contributed by atoms with Crippen LogP contribution in [0.5, 0.6) is 0 Å². The van der Waals surface area contributed by atoms with Gasteiger partial charge in [0.2, 0.25) is 0 Å². The SMILES string of the molecule is c1ccc(-c2ccccc2-c2ccccc2-c2ccccc2N(c2cccc(-c3ccc4c(c3)c3ccccc3n4-c3ccccc3)c2)c2cccc3c2sc2ccccc23)cc1. The normalized spacial score (nSPS) is 11.5. The van der Waals surface area contributed by atoms with Crippen molar-refractivity contribution >= 4 is 70.4 Å². The largest absolute Gasteiger partial charge is 0.309 e. The van der Waals surface area contributed by atoms with E-state index in [0.717, 1.165) is 33.9 Å². The summed E-state index contributed by atoms with van der Waals surface area (Å²) in [6, 6.07) is 88.4. The van der Waals surface area contributed by atoms with E-state index in [0.29, 0.717) is 0 Å². The summed E-state index contributed by atoms with van der Waals surface area (Å²) in [4.78, 5) is 2.50. The van der Waals surface area contributed by atoms with E-state index >= 15 is 0 Å². The molecule has 0 unspecified atom stereocenters. The molecule has 3 heteroatoms. The third-order valence-corrected chi connectivity index (χ3v) is 13.6. The van der Waals surface area contributed by atoms with Gasteiger partial charge >= 0.3 is 0 Å². The summed E-state index contributed by atoms with van der Waals surface area (Å²) in [6.45, 7) is 0. The van der Waals surface area contributed by atoms with Crippen LogP contribution in [0.15, 0.2) is 243 Å². The molecule has 0 aliphatic heterocycles. The van der Waals surface area contributed by atoms with Gasteiger partial charge in [0.15, 0.2) is 0 Å². The van der Waals surface area contributed by atoms with Crippen LogP contribution in [0, 0.1) is 0 Å². The van der Waals surface area contributed by atoms with Gasteiger partial charge in [-0.05, 0) is 99.6 Å². The minimum atomic E-state index is 1.10. The predicted octanol–water partition coefficient (Wildman–Crippen LogP) is 17.3. The van der Waals surface area contributed by atoms with E-state index in [2.05, 4.69) is 252 Å². The van der Waals surface area contributed by atoms with Gasteiger partial charge in [-0.1, -0.05) is 182 Å². The highest BCUT2D eigenvalue weighted by Gasteiger charge is 2.23. The Bertz CT molecular complexity index is 3640. The van der Waals surface area contributed by atoms with Gasteiger partial charge < -0.3 is 9.47 Å². The third-order valence-electron chi connectivity index (χ3n) is 12.4. The monoisotopic (exact) mass is 820 g/mol.